The second kappa shape index (κ2) is 6.67. The van der Waals surface area contributed by atoms with Crippen LogP contribution >= 0.6 is 15.9 Å². The Bertz CT molecular complexity index is 632. The quantitative estimate of drug-likeness (QED) is 0.811. The Kier molecular flexibility index (Phi) is 5.12. The number of aryl methyl sites for hydroxylation is 2. The van der Waals surface area contributed by atoms with Crippen LogP contribution in [0.15, 0.2) is 34.8 Å². The highest BCUT2D eigenvalue weighted by Gasteiger charge is 2.19. The van der Waals surface area contributed by atoms with Crippen molar-refractivity contribution in [3.8, 4) is 0 Å². The summed E-state index contributed by atoms with van der Waals surface area (Å²) >= 11 is 3.22. The van der Waals surface area contributed by atoms with Crippen molar-refractivity contribution in [1.82, 2.24) is 5.32 Å². The summed E-state index contributed by atoms with van der Waals surface area (Å²) in [6.45, 7) is 6.57. The maximum Gasteiger partial charge on any atom is 0.137 e. The van der Waals surface area contributed by atoms with Gasteiger partial charge in [0, 0.05) is 0 Å². The molecule has 0 fully saturated rings. The van der Waals surface area contributed by atoms with E-state index in [-0.39, 0.29) is 17.7 Å². The molecule has 1 N–H and O–H groups in total. The number of halogens is 3. The standard InChI is InChI=1S/C17H18BrF2N/c1-4-21-17(12-5-6-15(20)14(18)9-12)16-10(2)7-13(19)8-11(16)3/h5-9,17,21H,4H2,1-3H3. The molecule has 1 nitrogen and oxygen atoms in total. The van der Waals surface area contributed by atoms with Crippen LogP contribution in [0.4, 0.5) is 8.78 Å². The van der Waals surface area contributed by atoms with Gasteiger partial charge in [-0.25, -0.2) is 8.78 Å². The van der Waals surface area contributed by atoms with Gasteiger partial charge in [0.2, 0.25) is 0 Å². The minimum absolute atomic E-state index is 0.0903. The molecule has 21 heavy (non-hydrogen) atoms. The lowest BCUT2D eigenvalue weighted by Gasteiger charge is -2.23. The van der Waals surface area contributed by atoms with Crippen LogP contribution in [0.25, 0.3) is 0 Å². The topological polar surface area (TPSA) is 12.0 Å². The van der Waals surface area contributed by atoms with E-state index in [2.05, 4.69) is 21.2 Å². The van der Waals surface area contributed by atoms with E-state index < -0.39 is 0 Å². The van der Waals surface area contributed by atoms with E-state index in [4.69, 9.17) is 0 Å². The Labute approximate surface area is 132 Å². The molecule has 0 aromatic heterocycles. The van der Waals surface area contributed by atoms with Gasteiger partial charge in [-0.2, -0.15) is 0 Å². The van der Waals surface area contributed by atoms with Gasteiger partial charge in [0.25, 0.3) is 0 Å². The monoisotopic (exact) mass is 353 g/mol. The van der Waals surface area contributed by atoms with E-state index in [0.29, 0.717) is 4.47 Å². The first-order valence-corrected chi connectivity index (χ1v) is 7.68. The Hall–Kier alpha value is -1.26. The van der Waals surface area contributed by atoms with Gasteiger partial charge in [0.05, 0.1) is 10.5 Å². The minimum atomic E-state index is -0.290. The maximum absolute atomic E-state index is 13.5. The fourth-order valence-electron chi connectivity index (χ4n) is 2.66. The average molecular weight is 354 g/mol. The summed E-state index contributed by atoms with van der Waals surface area (Å²) in [7, 11) is 0. The van der Waals surface area contributed by atoms with Crippen LogP contribution in [0.2, 0.25) is 0 Å². The van der Waals surface area contributed by atoms with Gasteiger partial charge in [-0.1, -0.05) is 13.0 Å². The molecular weight excluding hydrogens is 336 g/mol. The van der Waals surface area contributed by atoms with Crippen LogP contribution in [0.1, 0.15) is 35.2 Å². The third-order valence-corrected chi connectivity index (χ3v) is 4.14. The predicted octanol–water partition coefficient (Wildman–Crippen LogP) is 5.04. The van der Waals surface area contributed by atoms with Crippen molar-refractivity contribution in [3.63, 3.8) is 0 Å². The maximum atomic E-state index is 13.5. The fraction of sp³-hybridized carbons (Fsp3) is 0.294. The van der Waals surface area contributed by atoms with E-state index >= 15 is 0 Å². The van der Waals surface area contributed by atoms with E-state index in [9.17, 15) is 8.78 Å². The zero-order valence-electron chi connectivity index (χ0n) is 12.3. The van der Waals surface area contributed by atoms with E-state index in [1.54, 1.807) is 12.1 Å². The molecule has 4 heteroatoms. The lowest BCUT2D eigenvalue weighted by atomic mass is 9.91. The molecule has 2 aromatic rings. The van der Waals surface area contributed by atoms with Crippen molar-refractivity contribution in [2.45, 2.75) is 26.8 Å². The second-order valence-electron chi connectivity index (χ2n) is 5.12. The number of hydrogen-bond donors (Lipinski definition) is 1. The van der Waals surface area contributed by atoms with Crippen molar-refractivity contribution < 1.29 is 8.78 Å². The molecule has 0 spiro atoms. The Morgan fingerprint density at radius 3 is 2.24 bits per heavy atom. The second-order valence-corrected chi connectivity index (χ2v) is 5.97. The van der Waals surface area contributed by atoms with Gasteiger partial charge in [-0.05, 0) is 82.8 Å². The number of nitrogens with one attached hydrogen (secondary N) is 1. The molecule has 1 atom stereocenters. The smallest absolute Gasteiger partial charge is 0.137 e. The molecule has 0 heterocycles. The Balaban J connectivity index is 2.55. The van der Waals surface area contributed by atoms with Gasteiger partial charge in [-0.15, -0.1) is 0 Å². The molecule has 0 saturated carbocycles. The molecule has 0 aliphatic carbocycles. The van der Waals surface area contributed by atoms with Gasteiger partial charge in [0.1, 0.15) is 11.6 Å². The number of benzene rings is 2. The summed E-state index contributed by atoms with van der Waals surface area (Å²) in [6.07, 6.45) is 0. The molecule has 112 valence electrons. The van der Waals surface area contributed by atoms with Gasteiger partial charge < -0.3 is 5.32 Å². The molecule has 2 rings (SSSR count). The highest BCUT2D eigenvalue weighted by Crippen LogP contribution is 2.30. The first kappa shape index (κ1) is 16.1. The third kappa shape index (κ3) is 3.50. The summed E-state index contributed by atoms with van der Waals surface area (Å²) in [5.74, 6) is -0.522. The van der Waals surface area contributed by atoms with Crippen LogP contribution < -0.4 is 5.32 Å². The first-order chi connectivity index (χ1) is 9.93. The van der Waals surface area contributed by atoms with Crippen molar-refractivity contribution in [1.29, 1.82) is 0 Å². The third-order valence-electron chi connectivity index (χ3n) is 3.53. The van der Waals surface area contributed by atoms with E-state index in [1.165, 1.54) is 18.2 Å². The van der Waals surface area contributed by atoms with Crippen molar-refractivity contribution in [2.24, 2.45) is 0 Å². The van der Waals surface area contributed by atoms with Crippen molar-refractivity contribution in [2.75, 3.05) is 6.54 Å². The molecule has 0 saturated heterocycles. The highest BCUT2D eigenvalue weighted by atomic mass is 79.9. The molecule has 0 radical (unpaired) electrons. The SMILES string of the molecule is CCNC(c1ccc(F)c(Br)c1)c1c(C)cc(F)cc1C. The summed E-state index contributed by atoms with van der Waals surface area (Å²) in [4.78, 5) is 0. The molecule has 2 aromatic carbocycles. The molecule has 0 aliphatic heterocycles. The normalized spacial score (nSPS) is 12.5. The van der Waals surface area contributed by atoms with Crippen LogP contribution in [-0.4, -0.2) is 6.54 Å². The molecule has 0 amide bonds. The van der Waals surface area contributed by atoms with Crippen molar-refractivity contribution in [3.05, 3.63) is 68.7 Å². The molecule has 0 aliphatic rings. The number of rotatable bonds is 4. The Morgan fingerprint density at radius 2 is 1.71 bits per heavy atom. The fourth-order valence-corrected chi connectivity index (χ4v) is 3.06. The molecular formula is C17H18BrF2N. The molecule has 0 bridgehead atoms. The molecule has 1 unspecified atom stereocenters. The summed E-state index contributed by atoms with van der Waals surface area (Å²) in [5, 5.41) is 3.40. The zero-order valence-corrected chi connectivity index (χ0v) is 13.9. The number of hydrogen-bond acceptors (Lipinski definition) is 1. The van der Waals surface area contributed by atoms with Gasteiger partial charge >= 0.3 is 0 Å². The van der Waals surface area contributed by atoms with Crippen LogP contribution in [0, 0.1) is 25.5 Å². The van der Waals surface area contributed by atoms with Crippen LogP contribution in [0.5, 0.6) is 0 Å². The van der Waals surface area contributed by atoms with E-state index in [0.717, 1.165) is 28.8 Å². The van der Waals surface area contributed by atoms with Crippen LogP contribution in [0.3, 0.4) is 0 Å². The highest BCUT2D eigenvalue weighted by molar-refractivity contribution is 9.10. The summed E-state index contributed by atoms with van der Waals surface area (Å²) < 4.78 is 27.4. The largest absolute Gasteiger partial charge is 0.307 e. The first-order valence-electron chi connectivity index (χ1n) is 6.89. The zero-order chi connectivity index (χ0) is 15.6. The minimum Gasteiger partial charge on any atom is -0.307 e. The van der Waals surface area contributed by atoms with Gasteiger partial charge in [0.15, 0.2) is 0 Å². The lowest BCUT2D eigenvalue weighted by molar-refractivity contribution is 0.599. The summed E-state index contributed by atoms with van der Waals surface area (Å²) in [6, 6.07) is 7.95. The van der Waals surface area contributed by atoms with Crippen molar-refractivity contribution >= 4 is 15.9 Å². The Morgan fingerprint density at radius 1 is 1.10 bits per heavy atom. The lowest BCUT2D eigenvalue weighted by Crippen LogP contribution is -2.24. The van der Waals surface area contributed by atoms with E-state index in [1.807, 2.05) is 20.8 Å². The van der Waals surface area contributed by atoms with Crippen LogP contribution in [-0.2, 0) is 0 Å². The summed E-state index contributed by atoms with van der Waals surface area (Å²) in [5.41, 5.74) is 3.76. The van der Waals surface area contributed by atoms with Gasteiger partial charge in [-0.3, -0.25) is 0 Å². The predicted molar refractivity (Wildman–Crippen MR) is 85.5 cm³/mol. The average Bonchev–Trinajstić information content (AvgIpc) is 2.40.